The lowest BCUT2D eigenvalue weighted by Crippen LogP contribution is -2.33. The number of hydrogen-bond donors (Lipinski definition) is 2. The Bertz CT molecular complexity index is 1190. The maximum atomic E-state index is 13.2. The van der Waals surface area contributed by atoms with E-state index in [4.69, 9.17) is 17.0 Å². The summed E-state index contributed by atoms with van der Waals surface area (Å²) in [4.78, 5) is 36.7. The van der Waals surface area contributed by atoms with Gasteiger partial charge in [-0.15, -0.1) is 11.3 Å². The topological polar surface area (TPSA) is 123 Å². The lowest BCUT2D eigenvalue weighted by atomic mass is 10.1. The number of halogens is 4. The number of carbonyl (C=O) groups excluding carboxylic acids is 2. The summed E-state index contributed by atoms with van der Waals surface area (Å²) in [5.41, 5.74) is -0.329. The molecule has 0 aliphatic heterocycles. The van der Waals surface area contributed by atoms with Gasteiger partial charge in [-0.1, -0.05) is 0 Å². The molecule has 0 fully saturated rings. The predicted octanol–water partition coefficient (Wildman–Crippen LogP) is 4.54. The minimum Gasteiger partial charge on any atom is -0.487 e. The number of nitrogens with one attached hydrogen (secondary N) is 2. The van der Waals surface area contributed by atoms with Crippen LogP contribution in [0.4, 0.5) is 33.9 Å². The van der Waals surface area contributed by atoms with Gasteiger partial charge in [-0.2, -0.15) is 8.78 Å². The number of rotatable bonds is 9. The molecule has 2 rings (SSSR count). The third-order valence-electron chi connectivity index (χ3n) is 4.47. The van der Waals surface area contributed by atoms with E-state index in [-0.39, 0.29) is 32.1 Å². The average Bonchev–Trinajstić information content (AvgIpc) is 3.11. The number of ether oxygens (including phenoxy) is 2. The number of nitrogens with zero attached hydrogens (tertiary/aromatic N) is 2. The fourth-order valence-corrected chi connectivity index (χ4v) is 4.21. The highest BCUT2D eigenvalue weighted by atomic mass is 32.1. The highest BCUT2D eigenvalue weighted by molar-refractivity contribution is 7.80. The van der Waals surface area contributed by atoms with Crippen molar-refractivity contribution >= 4 is 56.9 Å². The Hall–Kier alpha value is -3.53. The summed E-state index contributed by atoms with van der Waals surface area (Å²) in [5.74, 6) is -6.10. The first kappa shape index (κ1) is 28.7. The van der Waals surface area contributed by atoms with E-state index in [2.05, 4.69) is 15.4 Å². The van der Waals surface area contributed by atoms with E-state index in [9.17, 15) is 37.3 Å². The van der Waals surface area contributed by atoms with Crippen LogP contribution in [-0.4, -0.2) is 67.0 Å². The van der Waals surface area contributed by atoms with Gasteiger partial charge in [-0.25, -0.2) is 13.6 Å². The van der Waals surface area contributed by atoms with Gasteiger partial charge in [0.2, 0.25) is 0 Å². The van der Waals surface area contributed by atoms with Crippen LogP contribution in [0.25, 0.3) is 0 Å². The van der Waals surface area contributed by atoms with Gasteiger partial charge < -0.3 is 25.0 Å². The van der Waals surface area contributed by atoms with Gasteiger partial charge in [0.15, 0.2) is 11.7 Å². The van der Waals surface area contributed by atoms with Gasteiger partial charge in [-0.05, 0) is 24.7 Å². The van der Waals surface area contributed by atoms with Crippen LogP contribution in [0.5, 0.6) is 5.75 Å². The maximum Gasteiger partial charge on any atom is 0.341 e. The van der Waals surface area contributed by atoms with Gasteiger partial charge in [0.05, 0.1) is 34.2 Å². The van der Waals surface area contributed by atoms with Crippen molar-refractivity contribution in [1.29, 1.82) is 0 Å². The van der Waals surface area contributed by atoms with Crippen molar-refractivity contribution in [2.75, 3.05) is 38.4 Å². The Labute approximate surface area is 211 Å². The molecule has 1 aromatic carbocycles. The van der Waals surface area contributed by atoms with E-state index in [1.54, 1.807) is 6.92 Å². The van der Waals surface area contributed by atoms with Crippen LogP contribution in [0.2, 0.25) is 0 Å². The number of esters is 1. The van der Waals surface area contributed by atoms with Crippen LogP contribution in [0.1, 0.15) is 25.6 Å². The van der Waals surface area contributed by atoms with Gasteiger partial charge in [0, 0.05) is 26.2 Å². The van der Waals surface area contributed by atoms with E-state index in [1.165, 1.54) is 19.0 Å². The number of nitro benzene ring substituents is 1. The fourth-order valence-electron chi connectivity index (χ4n) is 2.71. The van der Waals surface area contributed by atoms with Crippen molar-refractivity contribution in [1.82, 2.24) is 4.90 Å². The second-order valence-corrected chi connectivity index (χ2v) is 8.78. The molecule has 0 radical (unpaired) electrons. The lowest BCUT2D eigenvalue weighted by Gasteiger charge is -2.16. The van der Waals surface area contributed by atoms with Crippen molar-refractivity contribution < 1.29 is 41.5 Å². The number of nitro groups is 1. The summed E-state index contributed by atoms with van der Waals surface area (Å²) < 4.78 is 60.6. The number of non-ortho nitro benzene ring substituents is 1. The average molecular weight is 553 g/mol. The molecule has 36 heavy (non-hydrogen) atoms. The Morgan fingerprint density at radius 3 is 2.42 bits per heavy atom. The Kier molecular flexibility index (Phi) is 9.15. The summed E-state index contributed by atoms with van der Waals surface area (Å²) in [5, 5.41) is 16.4. The molecule has 1 amide bonds. The largest absolute Gasteiger partial charge is 0.487 e. The number of alkyl halides is 4. The number of thiocarbonyl (C=S) groups is 1. The van der Waals surface area contributed by atoms with Crippen LogP contribution in [0.15, 0.2) is 18.2 Å². The fraction of sp³-hybridized carbons (Fsp3) is 0.350. The molecule has 0 spiro atoms. The molecule has 16 heteroatoms. The molecule has 1 heterocycles. The SMILES string of the molecule is COC(=O)c1c(NC(=S)Nc2cc(OCC(F)(F)C(F)F)cc([N+](=O)[O-])c2)sc(C(=O)N(C)C)c1C. The number of hydrogen-bond acceptors (Lipinski definition) is 8. The molecular formula is C20H20F4N4O6S2. The van der Waals surface area contributed by atoms with Gasteiger partial charge in [-0.3, -0.25) is 14.9 Å². The Morgan fingerprint density at radius 1 is 1.25 bits per heavy atom. The first-order chi connectivity index (χ1) is 16.7. The zero-order valence-corrected chi connectivity index (χ0v) is 20.8. The third kappa shape index (κ3) is 6.78. The summed E-state index contributed by atoms with van der Waals surface area (Å²) in [6.07, 6.45) is -3.99. The van der Waals surface area contributed by atoms with Gasteiger partial charge in [0.25, 0.3) is 11.6 Å². The zero-order valence-electron chi connectivity index (χ0n) is 19.2. The Morgan fingerprint density at radius 2 is 1.89 bits per heavy atom. The van der Waals surface area contributed by atoms with E-state index in [0.717, 1.165) is 36.6 Å². The minimum absolute atomic E-state index is 0.0362. The van der Waals surface area contributed by atoms with Crippen LogP contribution in [-0.2, 0) is 4.74 Å². The second-order valence-electron chi connectivity index (χ2n) is 7.35. The monoisotopic (exact) mass is 552 g/mol. The Balaban J connectivity index is 2.33. The smallest absolute Gasteiger partial charge is 0.341 e. The van der Waals surface area contributed by atoms with Crippen LogP contribution in [0.3, 0.4) is 0 Å². The van der Waals surface area contributed by atoms with Crippen molar-refractivity contribution in [2.45, 2.75) is 19.3 Å². The summed E-state index contributed by atoms with van der Waals surface area (Å²) in [7, 11) is 4.20. The summed E-state index contributed by atoms with van der Waals surface area (Å²) >= 11 is 6.10. The van der Waals surface area contributed by atoms with Crippen molar-refractivity contribution in [3.05, 3.63) is 44.3 Å². The molecule has 2 N–H and O–H groups in total. The molecule has 0 unspecified atom stereocenters. The normalized spacial score (nSPS) is 11.1. The first-order valence-electron chi connectivity index (χ1n) is 9.77. The minimum atomic E-state index is -4.47. The quantitative estimate of drug-likeness (QED) is 0.152. The number of methoxy groups -OCH3 is 1. The van der Waals surface area contributed by atoms with E-state index in [1.807, 2.05) is 0 Å². The molecular weight excluding hydrogens is 532 g/mol. The number of carbonyl (C=O) groups is 2. The number of benzene rings is 1. The molecule has 10 nitrogen and oxygen atoms in total. The molecule has 0 saturated carbocycles. The van der Waals surface area contributed by atoms with Crippen LogP contribution in [0, 0.1) is 17.0 Å². The molecule has 0 atom stereocenters. The zero-order chi connectivity index (χ0) is 27.4. The van der Waals surface area contributed by atoms with Crippen molar-refractivity contribution in [3.63, 3.8) is 0 Å². The highest BCUT2D eigenvalue weighted by Gasteiger charge is 2.41. The highest BCUT2D eigenvalue weighted by Crippen LogP contribution is 2.35. The standard InChI is InChI=1S/C20H20F4N4O6S2/c1-9-13(17(30)33-4)15(36-14(9)16(29)27(2)3)26-19(35)25-10-5-11(28(31)32)7-12(6-10)34-8-20(23,24)18(21)22/h5-7,18H,8H2,1-4H3,(H2,25,26,35). The second kappa shape index (κ2) is 11.5. The van der Waals surface area contributed by atoms with Crippen molar-refractivity contribution in [3.8, 4) is 5.75 Å². The summed E-state index contributed by atoms with van der Waals surface area (Å²) in [6, 6.07) is 2.80. The van der Waals surface area contributed by atoms with Crippen LogP contribution < -0.4 is 15.4 Å². The molecule has 2 aromatic rings. The van der Waals surface area contributed by atoms with E-state index in [0.29, 0.717) is 5.56 Å². The van der Waals surface area contributed by atoms with Crippen molar-refractivity contribution in [2.24, 2.45) is 0 Å². The number of anilines is 2. The molecule has 0 aliphatic carbocycles. The lowest BCUT2D eigenvalue weighted by molar-refractivity contribution is -0.384. The molecule has 0 bridgehead atoms. The van der Waals surface area contributed by atoms with E-state index < -0.39 is 41.3 Å². The van der Waals surface area contributed by atoms with Gasteiger partial charge in [0.1, 0.15) is 10.8 Å². The molecule has 196 valence electrons. The van der Waals surface area contributed by atoms with Crippen LogP contribution >= 0.6 is 23.6 Å². The summed E-state index contributed by atoms with van der Waals surface area (Å²) in [6.45, 7) is -0.173. The molecule has 0 saturated heterocycles. The van der Waals surface area contributed by atoms with Gasteiger partial charge >= 0.3 is 18.3 Å². The van der Waals surface area contributed by atoms with E-state index >= 15 is 0 Å². The molecule has 0 aliphatic rings. The number of amides is 1. The number of thiophene rings is 1. The first-order valence-corrected chi connectivity index (χ1v) is 11.0. The molecule has 1 aromatic heterocycles. The predicted molar refractivity (Wildman–Crippen MR) is 128 cm³/mol. The third-order valence-corrected chi connectivity index (χ3v) is 5.87. The maximum absolute atomic E-state index is 13.2.